The van der Waals surface area contributed by atoms with Gasteiger partial charge in [0.25, 0.3) is 0 Å². The van der Waals surface area contributed by atoms with Gasteiger partial charge in [-0.3, -0.25) is 20.2 Å². The molecule has 3 aromatic heterocycles. The van der Waals surface area contributed by atoms with Crippen LogP contribution in [0.4, 0.5) is 22.6 Å². The normalized spacial score (nSPS) is 18.8. The quantitative estimate of drug-likeness (QED) is 0.526. The molecule has 4 heterocycles. The number of likely N-dealkylation sites (N-methyl/N-ethyl adjacent to an activating group) is 1. The fraction of sp³-hybridized carbons (Fsp3) is 0.381. The Bertz CT molecular complexity index is 1100. The van der Waals surface area contributed by atoms with Gasteiger partial charge in [0.15, 0.2) is 10.9 Å². The molecule has 1 atom stereocenters. The molecule has 0 radical (unpaired) electrons. The van der Waals surface area contributed by atoms with Crippen molar-refractivity contribution >= 4 is 51.8 Å². The van der Waals surface area contributed by atoms with Crippen molar-refractivity contribution in [2.45, 2.75) is 48.4 Å². The van der Waals surface area contributed by atoms with Gasteiger partial charge in [-0.05, 0) is 36.9 Å². The number of carbonyl (C=O) groups excluding carboxylic acids is 1. The zero-order valence-corrected chi connectivity index (χ0v) is 19.3. The maximum absolute atomic E-state index is 13.4. The first kappa shape index (κ1) is 21.1. The minimum Gasteiger partial charge on any atom is -0.339 e. The van der Waals surface area contributed by atoms with Gasteiger partial charge in [0, 0.05) is 31.4 Å². The number of nitrogens with two attached hydrogens (primary N) is 1. The molecule has 166 valence electrons. The lowest BCUT2D eigenvalue weighted by atomic mass is 10.0. The molecule has 9 nitrogen and oxygen atoms in total. The Hall–Kier alpha value is -2.76. The van der Waals surface area contributed by atoms with E-state index >= 15 is 0 Å². The number of carbonyl (C=O) groups is 1. The minimum atomic E-state index is -0.353. The van der Waals surface area contributed by atoms with E-state index in [0.717, 1.165) is 59.0 Å². The van der Waals surface area contributed by atoms with E-state index in [0.29, 0.717) is 17.5 Å². The number of fused-ring (bicyclic) bond motifs is 1. The number of hydrogen-bond acceptors (Lipinski definition) is 10. The third-order valence-corrected chi connectivity index (χ3v) is 7.56. The first-order valence-corrected chi connectivity index (χ1v) is 12.3. The number of nitrogens with one attached hydrogen (secondary N) is 1. The standard InChI is InChI=1S/C21H24N8OS2/c1-28-16-11-24-20(27-21-25-12-17(31-21)32-22)26-18(16)29(14-7-2-3-8-14)15(19(28)30)10-13-6-4-5-9-23-13/h4-6,9,11-12,14-15H,2-3,7-8,10,22H2,1H3,(H,24,25,26,27). The Morgan fingerprint density at radius 2 is 2.06 bits per heavy atom. The number of amides is 1. The molecule has 0 bridgehead atoms. The van der Waals surface area contributed by atoms with E-state index in [1.165, 1.54) is 11.3 Å². The van der Waals surface area contributed by atoms with E-state index in [9.17, 15) is 4.79 Å². The van der Waals surface area contributed by atoms with Crippen LogP contribution in [0.5, 0.6) is 0 Å². The van der Waals surface area contributed by atoms with Gasteiger partial charge in [0.1, 0.15) is 11.7 Å². The van der Waals surface area contributed by atoms with Crippen molar-refractivity contribution in [1.82, 2.24) is 19.9 Å². The molecule has 1 aliphatic carbocycles. The molecular formula is C21H24N8OS2. The Balaban J connectivity index is 1.53. The lowest BCUT2D eigenvalue weighted by Crippen LogP contribution is -2.57. The van der Waals surface area contributed by atoms with Crippen LogP contribution in [0.25, 0.3) is 0 Å². The monoisotopic (exact) mass is 468 g/mol. The van der Waals surface area contributed by atoms with Crippen molar-refractivity contribution in [1.29, 1.82) is 0 Å². The molecule has 1 aliphatic heterocycles. The second-order valence-electron chi connectivity index (χ2n) is 7.91. The van der Waals surface area contributed by atoms with Crippen LogP contribution >= 0.6 is 23.3 Å². The molecule has 2 aliphatic rings. The molecule has 0 spiro atoms. The third-order valence-electron chi connectivity index (χ3n) is 5.97. The molecule has 32 heavy (non-hydrogen) atoms. The SMILES string of the molecule is CN1C(=O)C(Cc2ccccn2)N(C2CCCC2)c2nc(Nc3ncc(SN)s3)ncc21. The van der Waals surface area contributed by atoms with Crippen LogP contribution in [-0.4, -0.2) is 45.0 Å². The summed E-state index contributed by atoms with van der Waals surface area (Å²) in [6, 6.07) is 5.73. The maximum atomic E-state index is 13.4. The van der Waals surface area contributed by atoms with Crippen molar-refractivity contribution in [3.8, 4) is 0 Å². The summed E-state index contributed by atoms with van der Waals surface area (Å²) < 4.78 is 0.902. The molecule has 3 N–H and O–H groups in total. The second kappa shape index (κ2) is 9.00. The average molecular weight is 469 g/mol. The Kier molecular flexibility index (Phi) is 5.94. The van der Waals surface area contributed by atoms with Gasteiger partial charge >= 0.3 is 0 Å². The molecule has 0 aromatic carbocycles. The van der Waals surface area contributed by atoms with E-state index in [1.807, 2.05) is 18.2 Å². The number of thiazole rings is 1. The molecule has 5 rings (SSSR count). The summed E-state index contributed by atoms with van der Waals surface area (Å²) in [6.45, 7) is 0. The van der Waals surface area contributed by atoms with Crippen LogP contribution in [-0.2, 0) is 11.2 Å². The van der Waals surface area contributed by atoms with Gasteiger partial charge in [0.2, 0.25) is 11.9 Å². The Morgan fingerprint density at radius 3 is 2.78 bits per heavy atom. The summed E-state index contributed by atoms with van der Waals surface area (Å²) in [4.78, 5) is 35.4. The highest BCUT2D eigenvalue weighted by atomic mass is 32.2. The summed E-state index contributed by atoms with van der Waals surface area (Å²) in [5.74, 6) is 1.28. The molecule has 1 unspecified atom stereocenters. The zero-order valence-electron chi connectivity index (χ0n) is 17.6. The average Bonchev–Trinajstić information content (AvgIpc) is 3.50. The number of pyridine rings is 1. The van der Waals surface area contributed by atoms with Crippen molar-refractivity contribution < 1.29 is 4.79 Å². The van der Waals surface area contributed by atoms with Crippen LogP contribution in [0.3, 0.4) is 0 Å². The molecule has 11 heteroatoms. The lowest BCUT2D eigenvalue weighted by Gasteiger charge is -2.43. The first-order chi connectivity index (χ1) is 15.6. The largest absolute Gasteiger partial charge is 0.339 e. The maximum Gasteiger partial charge on any atom is 0.250 e. The highest BCUT2D eigenvalue weighted by molar-refractivity contribution is 7.99. The third kappa shape index (κ3) is 4.03. The van der Waals surface area contributed by atoms with Gasteiger partial charge in [-0.25, -0.2) is 9.97 Å². The summed E-state index contributed by atoms with van der Waals surface area (Å²) in [7, 11) is 1.79. The van der Waals surface area contributed by atoms with Gasteiger partial charge in [0.05, 0.1) is 16.6 Å². The Labute approximate surface area is 194 Å². The van der Waals surface area contributed by atoms with Crippen LogP contribution < -0.4 is 20.3 Å². The number of rotatable bonds is 6. The van der Waals surface area contributed by atoms with E-state index in [2.05, 4.69) is 25.2 Å². The van der Waals surface area contributed by atoms with Gasteiger partial charge in [-0.1, -0.05) is 30.2 Å². The van der Waals surface area contributed by atoms with Crippen LogP contribution in [0, 0.1) is 0 Å². The minimum absolute atomic E-state index is 0.0453. The molecule has 0 saturated heterocycles. The Morgan fingerprint density at radius 1 is 1.22 bits per heavy atom. The first-order valence-electron chi connectivity index (χ1n) is 10.6. The summed E-state index contributed by atoms with van der Waals surface area (Å²) in [5.41, 5.74) is 1.62. The predicted molar refractivity (Wildman–Crippen MR) is 127 cm³/mol. The summed E-state index contributed by atoms with van der Waals surface area (Å²) >= 11 is 2.60. The summed E-state index contributed by atoms with van der Waals surface area (Å²) in [6.07, 6.45) is 10.2. The van der Waals surface area contributed by atoms with Crippen molar-refractivity contribution in [3.05, 3.63) is 42.5 Å². The number of nitrogens with zero attached hydrogens (tertiary/aromatic N) is 6. The highest BCUT2D eigenvalue weighted by Gasteiger charge is 2.42. The molecular weight excluding hydrogens is 444 g/mol. The molecule has 1 saturated carbocycles. The molecule has 1 fully saturated rings. The highest BCUT2D eigenvalue weighted by Crippen LogP contribution is 2.40. The number of aromatic nitrogens is 4. The van der Waals surface area contributed by atoms with Gasteiger partial charge < -0.3 is 9.80 Å². The zero-order chi connectivity index (χ0) is 22.1. The van der Waals surface area contributed by atoms with Gasteiger partial charge in [-0.15, -0.1) is 0 Å². The van der Waals surface area contributed by atoms with E-state index in [1.54, 1.807) is 30.5 Å². The lowest BCUT2D eigenvalue weighted by molar-refractivity contribution is -0.120. The van der Waals surface area contributed by atoms with Crippen LogP contribution in [0.1, 0.15) is 31.4 Å². The smallest absolute Gasteiger partial charge is 0.250 e. The molecule has 3 aromatic rings. The number of hydrogen-bond donors (Lipinski definition) is 2. The van der Waals surface area contributed by atoms with Crippen molar-refractivity contribution in [2.24, 2.45) is 5.14 Å². The fourth-order valence-electron chi connectivity index (χ4n) is 4.44. The van der Waals surface area contributed by atoms with E-state index < -0.39 is 0 Å². The van der Waals surface area contributed by atoms with Gasteiger partial charge in [-0.2, -0.15) is 4.98 Å². The van der Waals surface area contributed by atoms with Crippen molar-refractivity contribution in [3.63, 3.8) is 0 Å². The van der Waals surface area contributed by atoms with Crippen LogP contribution in [0.15, 0.2) is 41.0 Å². The second-order valence-corrected chi connectivity index (χ2v) is 9.88. The summed E-state index contributed by atoms with van der Waals surface area (Å²) in [5, 5.41) is 9.48. The van der Waals surface area contributed by atoms with Crippen molar-refractivity contribution in [2.75, 3.05) is 22.2 Å². The van der Waals surface area contributed by atoms with E-state index in [-0.39, 0.29) is 18.0 Å². The predicted octanol–water partition coefficient (Wildman–Crippen LogP) is 3.37. The number of anilines is 4. The fourth-order valence-corrected chi connectivity index (χ4v) is 5.53. The topological polar surface area (TPSA) is 113 Å². The molecule has 1 amide bonds. The van der Waals surface area contributed by atoms with Crippen LogP contribution in [0.2, 0.25) is 0 Å². The van der Waals surface area contributed by atoms with E-state index in [4.69, 9.17) is 10.1 Å².